The van der Waals surface area contributed by atoms with E-state index < -0.39 is 0 Å². The van der Waals surface area contributed by atoms with Gasteiger partial charge in [0.1, 0.15) is 5.75 Å². The molecule has 1 saturated heterocycles. The number of amides is 2. The number of hydrogen-bond acceptors (Lipinski definition) is 3. The number of anilines is 1. The second kappa shape index (κ2) is 9.25. The maximum atomic E-state index is 12.5. The molecule has 0 spiro atoms. The van der Waals surface area contributed by atoms with Crippen molar-refractivity contribution in [2.45, 2.75) is 19.4 Å². The summed E-state index contributed by atoms with van der Waals surface area (Å²) in [5, 5.41) is 2.94. The van der Waals surface area contributed by atoms with Crippen LogP contribution in [0.5, 0.6) is 5.75 Å². The number of piperidine rings is 1. The average molecular weight is 354 g/mol. The molecule has 5 nitrogen and oxygen atoms in total. The summed E-state index contributed by atoms with van der Waals surface area (Å²) in [5.74, 6) is 1.18. The van der Waals surface area contributed by atoms with E-state index in [1.807, 2.05) is 47.4 Å². The fourth-order valence-corrected chi connectivity index (χ4v) is 3.16. The molecule has 2 amide bonds. The third-order valence-electron chi connectivity index (χ3n) is 4.72. The van der Waals surface area contributed by atoms with Crippen LogP contribution >= 0.6 is 0 Å². The van der Waals surface area contributed by atoms with Crippen LogP contribution in [0.3, 0.4) is 0 Å². The number of ether oxygens (including phenoxy) is 2. The van der Waals surface area contributed by atoms with Crippen LogP contribution in [0.2, 0.25) is 0 Å². The summed E-state index contributed by atoms with van der Waals surface area (Å²) in [4.78, 5) is 14.3. The number of benzene rings is 2. The molecule has 1 aliphatic heterocycles. The van der Waals surface area contributed by atoms with Gasteiger partial charge in [0.15, 0.2) is 0 Å². The highest BCUT2D eigenvalue weighted by Gasteiger charge is 2.23. The molecular weight excluding hydrogens is 328 g/mol. The molecule has 0 atom stereocenters. The zero-order valence-corrected chi connectivity index (χ0v) is 15.2. The summed E-state index contributed by atoms with van der Waals surface area (Å²) < 4.78 is 11.1. The SMILES string of the molecule is COc1ccccc1NC(=O)N1CCC(COCc2ccccc2)CC1. The highest BCUT2D eigenvalue weighted by Crippen LogP contribution is 2.24. The van der Waals surface area contributed by atoms with Gasteiger partial charge in [-0.25, -0.2) is 4.79 Å². The van der Waals surface area contributed by atoms with Crippen LogP contribution < -0.4 is 10.1 Å². The number of nitrogens with one attached hydrogen (secondary N) is 1. The van der Waals surface area contributed by atoms with Crippen molar-refractivity contribution in [1.82, 2.24) is 4.90 Å². The van der Waals surface area contributed by atoms with Crippen molar-refractivity contribution in [3.05, 3.63) is 60.2 Å². The number of likely N-dealkylation sites (tertiary alicyclic amines) is 1. The van der Waals surface area contributed by atoms with Gasteiger partial charge in [-0.2, -0.15) is 0 Å². The number of carbonyl (C=O) groups excluding carboxylic acids is 1. The first kappa shape index (κ1) is 18.3. The number of hydrogen-bond donors (Lipinski definition) is 1. The Hall–Kier alpha value is -2.53. The second-order valence-electron chi connectivity index (χ2n) is 6.56. The van der Waals surface area contributed by atoms with Crippen LogP contribution in [0.4, 0.5) is 10.5 Å². The normalized spacial score (nSPS) is 14.9. The Morgan fingerprint density at radius 2 is 1.77 bits per heavy atom. The van der Waals surface area contributed by atoms with Crippen LogP contribution in [-0.2, 0) is 11.3 Å². The minimum absolute atomic E-state index is 0.0712. The molecule has 2 aromatic rings. The molecule has 0 saturated carbocycles. The lowest BCUT2D eigenvalue weighted by Gasteiger charge is -2.32. The number of nitrogens with zero attached hydrogens (tertiary/aromatic N) is 1. The predicted molar refractivity (Wildman–Crippen MR) is 102 cm³/mol. The van der Waals surface area contributed by atoms with Crippen LogP contribution in [0.25, 0.3) is 0 Å². The van der Waals surface area contributed by atoms with Crippen LogP contribution in [0.15, 0.2) is 54.6 Å². The Morgan fingerprint density at radius 1 is 1.08 bits per heavy atom. The van der Waals surface area contributed by atoms with Gasteiger partial charge in [-0.1, -0.05) is 42.5 Å². The largest absolute Gasteiger partial charge is 0.495 e. The first-order valence-electron chi connectivity index (χ1n) is 9.07. The van der Waals surface area contributed by atoms with E-state index in [0.717, 1.165) is 32.5 Å². The minimum atomic E-state index is -0.0712. The van der Waals surface area contributed by atoms with E-state index >= 15 is 0 Å². The molecule has 1 aliphatic rings. The summed E-state index contributed by atoms with van der Waals surface area (Å²) in [6.07, 6.45) is 1.93. The van der Waals surface area contributed by atoms with Crippen molar-refractivity contribution in [2.24, 2.45) is 5.92 Å². The minimum Gasteiger partial charge on any atom is -0.495 e. The van der Waals surface area contributed by atoms with Crippen molar-refractivity contribution < 1.29 is 14.3 Å². The first-order chi connectivity index (χ1) is 12.8. The number of rotatable bonds is 6. The molecule has 26 heavy (non-hydrogen) atoms. The van der Waals surface area contributed by atoms with Gasteiger partial charge in [-0.3, -0.25) is 0 Å². The van der Waals surface area contributed by atoms with Gasteiger partial charge in [0.05, 0.1) is 19.4 Å². The maximum Gasteiger partial charge on any atom is 0.321 e. The van der Waals surface area contributed by atoms with E-state index in [4.69, 9.17) is 9.47 Å². The van der Waals surface area contributed by atoms with Crippen molar-refractivity contribution >= 4 is 11.7 Å². The third-order valence-corrected chi connectivity index (χ3v) is 4.72. The Bertz CT molecular complexity index is 697. The molecule has 0 aromatic heterocycles. The van der Waals surface area contributed by atoms with E-state index in [1.165, 1.54) is 5.56 Å². The molecule has 0 aliphatic carbocycles. The van der Waals surface area contributed by atoms with Crippen molar-refractivity contribution in [3.63, 3.8) is 0 Å². The lowest BCUT2D eigenvalue weighted by atomic mass is 9.98. The Balaban J connectivity index is 1.41. The zero-order chi connectivity index (χ0) is 18.2. The molecule has 1 heterocycles. The number of methoxy groups -OCH3 is 1. The van der Waals surface area contributed by atoms with E-state index in [9.17, 15) is 4.79 Å². The lowest BCUT2D eigenvalue weighted by Crippen LogP contribution is -2.41. The molecule has 2 aromatic carbocycles. The van der Waals surface area contributed by atoms with Crippen molar-refractivity contribution in [2.75, 3.05) is 32.1 Å². The van der Waals surface area contributed by atoms with Gasteiger partial charge in [0.25, 0.3) is 0 Å². The molecule has 0 unspecified atom stereocenters. The molecule has 0 bridgehead atoms. The Morgan fingerprint density at radius 3 is 2.50 bits per heavy atom. The lowest BCUT2D eigenvalue weighted by molar-refractivity contribution is 0.0640. The third kappa shape index (κ3) is 4.99. The highest BCUT2D eigenvalue weighted by atomic mass is 16.5. The van der Waals surface area contributed by atoms with Crippen LogP contribution in [-0.4, -0.2) is 37.7 Å². The molecule has 138 valence electrons. The van der Waals surface area contributed by atoms with E-state index in [1.54, 1.807) is 7.11 Å². The molecule has 5 heteroatoms. The molecular formula is C21H26N2O3. The van der Waals surface area contributed by atoms with E-state index in [2.05, 4.69) is 17.4 Å². The summed E-state index contributed by atoms with van der Waals surface area (Å²) in [5.41, 5.74) is 1.90. The Kier molecular flexibility index (Phi) is 6.50. The number of urea groups is 1. The molecule has 1 fully saturated rings. The van der Waals surface area contributed by atoms with E-state index in [-0.39, 0.29) is 6.03 Å². The fourth-order valence-electron chi connectivity index (χ4n) is 3.16. The van der Waals surface area contributed by atoms with Crippen LogP contribution in [0, 0.1) is 5.92 Å². The summed E-state index contributed by atoms with van der Waals surface area (Å²) in [6.45, 7) is 2.90. The summed E-state index contributed by atoms with van der Waals surface area (Å²) in [6, 6.07) is 17.6. The standard InChI is InChI=1S/C21H26N2O3/c1-25-20-10-6-5-9-19(20)22-21(24)23-13-11-18(12-14-23)16-26-15-17-7-3-2-4-8-17/h2-10,18H,11-16H2,1H3,(H,22,24). The first-order valence-corrected chi connectivity index (χ1v) is 9.07. The smallest absolute Gasteiger partial charge is 0.321 e. The summed E-state index contributed by atoms with van der Waals surface area (Å²) >= 11 is 0. The van der Waals surface area contributed by atoms with Gasteiger partial charge in [0.2, 0.25) is 0 Å². The van der Waals surface area contributed by atoms with Gasteiger partial charge in [0, 0.05) is 19.7 Å². The van der Waals surface area contributed by atoms with Gasteiger partial charge < -0.3 is 19.7 Å². The molecule has 0 radical (unpaired) electrons. The van der Waals surface area contributed by atoms with Crippen molar-refractivity contribution in [1.29, 1.82) is 0 Å². The predicted octanol–water partition coefficient (Wildman–Crippen LogP) is 4.16. The number of carbonyl (C=O) groups is 1. The highest BCUT2D eigenvalue weighted by molar-refractivity contribution is 5.91. The van der Waals surface area contributed by atoms with E-state index in [0.29, 0.717) is 24.0 Å². The maximum absolute atomic E-state index is 12.5. The zero-order valence-electron chi connectivity index (χ0n) is 15.2. The quantitative estimate of drug-likeness (QED) is 0.847. The summed E-state index contributed by atoms with van der Waals surface area (Å²) in [7, 11) is 1.60. The van der Waals surface area contributed by atoms with Crippen LogP contribution in [0.1, 0.15) is 18.4 Å². The van der Waals surface area contributed by atoms with Gasteiger partial charge in [-0.05, 0) is 36.5 Å². The average Bonchev–Trinajstić information content (AvgIpc) is 2.70. The fraction of sp³-hybridized carbons (Fsp3) is 0.381. The molecule has 1 N–H and O–H groups in total. The molecule has 3 rings (SSSR count). The topological polar surface area (TPSA) is 50.8 Å². The second-order valence-corrected chi connectivity index (χ2v) is 6.56. The van der Waals surface area contributed by atoms with Crippen molar-refractivity contribution in [3.8, 4) is 5.75 Å². The monoisotopic (exact) mass is 354 g/mol. The Labute approximate surface area is 154 Å². The van der Waals surface area contributed by atoms with Gasteiger partial charge >= 0.3 is 6.03 Å². The number of para-hydroxylation sites is 2. The van der Waals surface area contributed by atoms with Gasteiger partial charge in [-0.15, -0.1) is 0 Å².